The normalized spacial score (nSPS) is 13.1. The molecule has 2 aliphatic rings. The predicted molar refractivity (Wildman–Crippen MR) is 129 cm³/mol. The van der Waals surface area contributed by atoms with Crippen LogP contribution < -0.4 is 14.2 Å². The fourth-order valence-electron chi connectivity index (χ4n) is 4.18. The lowest BCUT2D eigenvalue weighted by Gasteiger charge is -2.16. The van der Waals surface area contributed by atoms with Gasteiger partial charge < -0.3 is 19.3 Å². The Kier molecular flexibility index (Phi) is 5.90. The number of fused-ring (bicyclic) bond motifs is 4. The second-order valence-electron chi connectivity index (χ2n) is 8.23. The summed E-state index contributed by atoms with van der Waals surface area (Å²) in [5.74, 6) is 3.75. The zero-order valence-electron chi connectivity index (χ0n) is 18.6. The average molecular weight is 439 g/mol. The monoisotopic (exact) mass is 438 g/mol. The number of ether oxygens (including phenoxy) is 3. The van der Waals surface area contributed by atoms with E-state index in [0.717, 1.165) is 54.1 Å². The van der Waals surface area contributed by atoms with Crippen LogP contribution in [0.25, 0.3) is 0 Å². The number of phenolic OH excluding ortho intramolecular Hbond substituents is 1. The maximum atomic E-state index is 10.3. The molecule has 0 amide bonds. The van der Waals surface area contributed by atoms with E-state index < -0.39 is 0 Å². The summed E-state index contributed by atoms with van der Waals surface area (Å²) in [7, 11) is 1.69. The minimum absolute atomic E-state index is 0.135. The second kappa shape index (κ2) is 9.29. The van der Waals surface area contributed by atoms with Crippen LogP contribution in [0, 0.1) is 0 Å². The van der Waals surface area contributed by atoms with E-state index in [0.29, 0.717) is 11.5 Å². The van der Waals surface area contributed by atoms with Gasteiger partial charge in [0.25, 0.3) is 0 Å². The van der Waals surface area contributed by atoms with Crippen LogP contribution in [0.4, 0.5) is 0 Å². The van der Waals surface area contributed by atoms with Crippen molar-refractivity contribution in [3.05, 3.63) is 107 Å². The molecule has 0 radical (unpaired) electrons. The Bertz CT molecular complexity index is 1260. The number of aromatic hydroxyl groups is 1. The van der Waals surface area contributed by atoms with E-state index >= 15 is 0 Å². The molecule has 0 aliphatic carbocycles. The van der Waals surface area contributed by atoms with Crippen molar-refractivity contribution in [2.24, 2.45) is 0 Å². The summed E-state index contributed by atoms with van der Waals surface area (Å²) < 4.78 is 18.0. The Hall–Kier alpha value is -3.92. The van der Waals surface area contributed by atoms with Gasteiger partial charge in [-0.05, 0) is 90.9 Å². The molecule has 4 nitrogen and oxygen atoms in total. The van der Waals surface area contributed by atoms with Crippen LogP contribution in [0.1, 0.15) is 22.3 Å². The summed E-state index contributed by atoms with van der Waals surface area (Å²) >= 11 is 0. The Morgan fingerprint density at radius 2 is 1.33 bits per heavy atom. The Balaban J connectivity index is 1.54. The van der Waals surface area contributed by atoms with E-state index in [4.69, 9.17) is 14.2 Å². The van der Waals surface area contributed by atoms with Crippen molar-refractivity contribution >= 4 is 0 Å². The zero-order chi connectivity index (χ0) is 22.6. The summed E-state index contributed by atoms with van der Waals surface area (Å²) in [4.78, 5) is 0. The molecule has 0 atom stereocenters. The van der Waals surface area contributed by atoms with Gasteiger partial charge >= 0.3 is 0 Å². The highest BCUT2D eigenvalue weighted by atomic mass is 16.5. The molecule has 0 saturated carbocycles. The van der Waals surface area contributed by atoms with Crippen molar-refractivity contribution in [3.63, 3.8) is 0 Å². The van der Waals surface area contributed by atoms with E-state index in [1.54, 1.807) is 13.2 Å². The largest absolute Gasteiger partial charge is 0.504 e. The fourth-order valence-corrected chi connectivity index (χ4v) is 4.18. The van der Waals surface area contributed by atoms with Crippen LogP contribution in [-0.4, -0.2) is 12.2 Å². The number of hydrogen-bond acceptors (Lipinski definition) is 4. The first-order valence-electron chi connectivity index (χ1n) is 11.2. The third-order valence-corrected chi connectivity index (χ3v) is 5.98. The van der Waals surface area contributed by atoms with Gasteiger partial charge in [-0.25, -0.2) is 0 Å². The van der Waals surface area contributed by atoms with E-state index in [-0.39, 0.29) is 5.75 Å². The summed E-state index contributed by atoms with van der Waals surface area (Å²) in [5, 5.41) is 10.3. The molecule has 6 bridgehead atoms. The van der Waals surface area contributed by atoms with E-state index in [9.17, 15) is 5.11 Å². The molecule has 0 saturated heterocycles. The first-order chi connectivity index (χ1) is 16.2. The lowest BCUT2D eigenvalue weighted by Crippen LogP contribution is -2.00. The SMILES string of the molecule is COc1cccc2c1CCc1ccc(cc1)Oc1cc(ccc1O)CCc1cccc(c1)O2. The minimum Gasteiger partial charge on any atom is -0.504 e. The molecule has 6 rings (SSSR count). The molecule has 0 spiro atoms. The number of rotatable bonds is 1. The van der Waals surface area contributed by atoms with Gasteiger partial charge in [0, 0.05) is 5.56 Å². The van der Waals surface area contributed by atoms with Gasteiger partial charge in [0.15, 0.2) is 11.5 Å². The Labute approximate surface area is 194 Å². The number of methoxy groups -OCH3 is 1. The smallest absolute Gasteiger partial charge is 0.169 e. The van der Waals surface area contributed by atoms with Crippen molar-refractivity contribution in [1.82, 2.24) is 0 Å². The van der Waals surface area contributed by atoms with Crippen molar-refractivity contribution in [2.75, 3.05) is 7.11 Å². The van der Waals surface area contributed by atoms with Crippen LogP contribution >= 0.6 is 0 Å². The van der Waals surface area contributed by atoms with E-state index in [1.807, 2.05) is 54.6 Å². The van der Waals surface area contributed by atoms with Gasteiger partial charge in [0.2, 0.25) is 0 Å². The molecule has 0 fully saturated rings. The number of phenols is 1. The number of hydrogen-bond donors (Lipinski definition) is 1. The van der Waals surface area contributed by atoms with Crippen LogP contribution in [0.15, 0.2) is 84.9 Å². The van der Waals surface area contributed by atoms with Gasteiger partial charge in [0.05, 0.1) is 7.11 Å². The first kappa shape index (κ1) is 21.0. The number of benzene rings is 4. The molecule has 166 valence electrons. The van der Waals surface area contributed by atoms with Crippen molar-refractivity contribution < 1.29 is 19.3 Å². The summed E-state index contributed by atoms with van der Waals surface area (Å²) in [6.45, 7) is 0. The van der Waals surface area contributed by atoms with Crippen LogP contribution in [0.5, 0.6) is 34.5 Å². The van der Waals surface area contributed by atoms with Gasteiger partial charge in [-0.1, -0.05) is 36.4 Å². The molecule has 4 aromatic carbocycles. The summed E-state index contributed by atoms with van der Waals surface area (Å²) in [5.41, 5.74) is 4.51. The summed E-state index contributed by atoms with van der Waals surface area (Å²) in [6, 6.07) is 27.7. The quantitative estimate of drug-likeness (QED) is 0.352. The standard InChI is InChI=1S/C29H26O4/c1-31-27-6-3-7-28-25(27)16-12-20-10-14-23(15-11-20)32-29-19-22(13-17-26(29)30)9-8-21-4-2-5-24(18-21)33-28/h2-7,10-11,13-15,17-19,30H,8-9,12,16H2,1H3. The molecule has 2 aliphatic heterocycles. The third-order valence-electron chi connectivity index (χ3n) is 5.98. The highest BCUT2D eigenvalue weighted by molar-refractivity contribution is 5.48. The van der Waals surface area contributed by atoms with E-state index in [2.05, 4.69) is 24.3 Å². The fraction of sp³-hybridized carbons (Fsp3) is 0.172. The number of aryl methyl sites for hydroxylation is 3. The van der Waals surface area contributed by atoms with Crippen LogP contribution in [0.3, 0.4) is 0 Å². The lowest BCUT2D eigenvalue weighted by molar-refractivity contribution is 0.401. The molecule has 2 heterocycles. The molecular weight excluding hydrogens is 412 g/mol. The molecule has 4 heteroatoms. The Morgan fingerprint density at radius 1 is 0.636 bits per heavy atom. The van der Waals surface area contributed by atoms with Crippen molar-refractivity contribution in [2.45, 2.75) is 25.7 Å². The second-order valence-corrected chi connectivity index (χ2v) is 8.23. The van der Waals surface area contributed by atoms with Gasteiger partial charge in [0.1, 0.15) is 23.0 Å². The minimum atomic E-state index is 0.135. The first-order valence-corrected chi connectivity index (χ1v) is 11.2. The maximum absolute atomic E-state index is 10.3. The molecule has 33 heavy (non-hydrogen) atoms. The van der Waals surface area contributed by atoms with Crippen molar-refractivity contribution in [1.29, 1.82) is 0 Å². The molecule has 0 unspecified atom stereocenters. The van der Waals surface area contributed by atoms with Gasteiger partial charge in [-0.3, -0.25) is 0 Å². The van der Waals surface area contributed by atoms with Gasteiger partial charge in [-0.15, -0.1) is 0 Å². The van der Waals surface area contributed by atoms with Crippen LogP contribution in [-0.2, 0) is 25.7 Å². The highest BCUT2D eigenvalue weighted by Gasteiger charge is 2.13. The average Bonchev–Trinajstić information content (AvgIpc) is 2.84. The van der Waals surface area contributed by atoms with Crippen molar-refractivity contribution in [3.8, 4) is 34.5 Å². The molecule has 4 aromatic rings. The lowest BCUT2D eigenvalue weighted by atomic mass is 10.0. The zero-order valence-corrected chi connectivity index (χ0v) is 18.6. The molecular formula is C29H26O4. The van der Waals surface area contributed by atoms with E-state index in [1.165, 1.54) is 11.1 Å². The third kappa shape index (κ3) is 4.80. The molecule has 0 aromatic heterocycles. The summed E-state index contributed by atoms with van der Waals surface area (Å²) in [6.07, 6.45) is 3.28. The maximum Gasteiger partial charge on any atom is 0.169 e. The molecule has 1 N–H and O–H groups in total. The topological polar surface area (TPSA) is 47.9 Å². The Morgan fingerprint density at radius 3 is 2.15 bits per heavy atom. The van der Waals surface area contributed by atoms with Gasteiger partial charge in [-0.2, -0.15) is 0 Å². The van der Waals surface area contributed by atoms with Crippen LogP contribution in [0.2, 0.25) is 0 Å². The predicted octanol–water partition coefficient (Wildman–Crippen LogP) is 6.87. The highest BCUT2D eigenvalue weighted by Crippen LogP contribution is 2.35.